The van der Waals surface area contributed by atoms with Gasteiger partial charge in [0.1, 0.15) is 5.75 Å². The fourth-order valence-corrected chi connectivity index (χ4v) is 4.04. The highest BCUT2D eigenvalue weighted by Gasteiger charge is 2.19. The molecule has 1 heterocycles. The Labute approximate surface area is 193 Å². The lowest BCUT2D eigenvalue weighted by atomic mass is 10.2. The number of nitrogens with zero attached hydrogens (tertiary/aromatic N) is 3. The summed E-state index contributed by atoms with van der Waals surface area (Å²) in [5.74, 6) is 1.06. The first-order valence-corrected chi connectivity index (χ1v) is 11.1. The third-order valence-corrected chi connectivity index (χ3v) is 6.14. The Morgan fingerprint density at radius 1 is 1.17 bits per heavy atom. The SMILES string of the molecule is Cc1ccc(Cl)c(OC(C)c2nnc(SCC(=O)Nc3c(Cl)cccc3Cl)n2C)c1. The lowest BCUT2D eigenvalue weighted by Crippen LogP contribution is -2.15. The Kier molecular flexibility index (Phi) is 7.52. The number of hydrogen-bond acceptors (Lipinski definition) is 5. The molecule has 2 aromatic carbocycles. The molecule has 1 amide bonds. The van der Waals surface area contributed by atoms with Crippen LogP contribution in [-0.4, -0.2) is 26.4 Å². The number of nitrogens with one attached hydrogen (secondary N) is 1. The molecule has 1 unspecified atom stereocenters. The van der Waals surface area contributed by atoms with E-state index in [-0.39, 0.29) is 17.8 Å². The average Bonchev–Trinajstić information content (AvgIpc) is 3.06. The van der Waals surface area contributed by atoms with Crippen molar-refractivity contribution in [1.29, 1.82) is 0 Å². The van der Waals surface area contributed by atoms with Gasteiger partial charge in [-0.15, -0.1) is 10.2 Å². The van der Waals surface area contributed by atoms with Crippen molar-refractivity contribution in [2.45, 2.75) is 25.1 Å². The summed E-state index contributed by atoms with van der Waals surface area (Å²) in [7, 11) is 1.82. The highest BCUT2D eigenvalue weighted by molar-refractivity contribution is 7.99. The molecule has 0 fully saturated rings. The molecular weight excluding hydrogens is 467 g/mol. The zero-order valence-corrected chi connectivity index (χ0v) is 19.5. The predicted octanol–water partition coefficient (Wildman–Crippen LogP) is 5.95. The Morgan fingerprint density at radius 3 is 2.57 bits per heavy atom. The molecule has 0 saturated heterocycles. The molecule has 1 aromatic heterocycles. The van der Waals surface area contributed by atoms with Gasteiger partial charge in [-0.1, -0.05) is 58.7 Å². The number of amides is 1. The van der Waals surface area contributed by atoms with E-state index in [0.29, 0.717) is 37.5 Å². The average molecular weight is 486 g/mol. The fraction of sp³-hybridized carbons (Fsp3) is 0.250. The topological polar surface area (TPSA) is 69.0 Å². The van der Waals surface area contributed by atoms with Crippen molar-refractivity contribution < 1.29 is 9.53 Å². The number of ether oxygens (including phenoxy) is 1. The Morgan fingerprint density at radius 2 is 1.87 bits per heavy atom. The molecule has 10 heteroatoms. The predicted molar refractivity (Wildman–Crippen MR) is 122 cm³/mol. The largest absolute Gasteiger partial charge is 0.481 e. The van der Waals surface area contributed by atoms with Gasteiger partial charge >= 0.3 is 0 Å². The first-order valence-electron chi connectivity index (χ1n) is 8.95. The van der Waals surface area contributed by atoms with Crippen LogP contribution in [0.25, 0.3) is 0 Å². The number of aromatic nitrogens is 3. The minimum Gasteiger partial charge on any atom is -0.481 e. The van der Waals surface area contributed by atoms with Crippen LogP contribution in [0.4, 0.5) is 5.69 Å². The van der Waals surface area contributed by atoms with Crippen LogP contribution < -0.4 is 10.1 Å². The van der Waals surface area contributed by atoms with E-state index in [4.69, 9.17) is 39.5 Å². The third-order valence-electron chi connectivity index (χ3n) is 4.18. The van der Waals surface area contributed by atoms with Crippen molar-refractivity contribution in [2.24, 2.45) is 7.05 Å². The molecule has 3 rings (SSSR count). The van der Waals surface area contributed by atoms with Gasteiger partial charge in [-0.05, 0) is 43.7 Å². The third kappa shape index (κ3) is 5.40. The summed E-state index contributed by atoms with van der Waals surface area (Å²) in [6.07, 6.45) is -0.382. The zero-order chi connectivity index (χ0) is 21.8. The summed E-state index contributed by atoms with van der Waals surface area (Å²) in [6, 6.07) is 10.6. The number of halogens is 3. The van der Waals surface area contributed by atoms with E-state index >= 15 is 0 Å². The summed E-state index contributed by atoms with van der Waals surface area (Å²) < 4.78 is 7.75. The molecule has 0 radical (unpaired) electrons. The number of benzene rings is 2. The number of hydrogen-bond donors (Lipinski definition) is 1. The molecule has 30 heavy (non-hydrogen) atoms. The van der Waals surface area contributed by atoms with Gasteiger partial charge in [0.05, 0.1) is 26.5 Å². The van der Waals surface area contributed by atoms with Gasteiger partial charge < -0.3 is 14.6 Å². The van der Waals surface area contributed by atoms with E-state index in [1.54, 1.807) is 28.8 Å². The molecule has 3 aromatic rings. The van der Waals surface area contributed by atoms with Crippen LogP contribution >= 0.6 is 46.6 Å². The van der Waals surface area contributed by atoms with Crippen molar-refractivity contribution in [2.75, 3.05) is 11.1 Å². The smallest absolute Gasteiger partial charge is 0.234 e. The maximum Gasteiger partial charge on any atom is 0.234 e. The van der Waals surface area contributed by atoms with Gasteiger partial charge in [0.25, 0.3) is 0 Å². The van der Waals surface area contributed by atoms with E-state index < -0.39 is 0 Å². The second-order valence-corrected chi connectivity index (χ2v) is 8.69. The number of aryl methyl sites for hydroxylation is 1. The first-order chi connectivity index (χ1) is 14.3. The molecule has 0 spiro atoms. The summed E-state index contributed by atoms with van der Waals surface area (Å²) in [5, 5.41) is 13.0. The van der Waals surface area contributed by atoms with Crippen LogP contribution in [0.2, 0.25) is 15.1 Å². The monoisotopic (exact) mass is 484 g/mol. The van der Waals surface area contributed by atoms with E-state index in [0.717, 1.165) is 5.56 Å². The van der Waals surface area contributed by atoms with Crippen LogP contribution in [0.1, 0.15) is 24.4 Å². The van der Waals surface area contributed by atoms with E-state index in [1.165, 1.54) is 11.8 Å². The maximum absolute atomic E-state index is 12.3. The molecule has 0 aliphatic carbocycles. The first kappa shape index (κ1) is 22.7. The van der Waals surface area contributed by atoms with Crippen LogP contribution in [0.3, 0.4) is 0 Å². The summed E-state index contributed by atoms with van der Waals surface area (Å²) in [6.45, 7) is 3.83. The van der Waals surface area contributed by atoms with Gasteiger partial charge in [-0.3, -0.25) is 4.79 Å². The van der Waals surface area contributed by atoms with Crippen molar-refractivity contribution in [3.05, 3.63) is 62.9 Å². The van der Waals surface area contributed by atoms with Gasteiger partial charge in [-0.2, -0.15) is 0 Å². The van der Waals surface area contributed by atoms with Gasteiger partial charge in [-0.25, -0.2) is 0 Å². The van der Waals surface area contributed by atoms with Crippen molar-refractivity contribution >= 4 is 58.2 Å². The molecule has 158 valence electrons. The summed E-state index contributed by atoms with van der Waals surface area (Å²) in [5.41, 5.74) is 1.43. The summed E-state index contributed by atoms with van der Waals surface area (Å²) in [4.78, 5) is 12.3. The second kappa shape index (κ2) is 9.92. The molecule has 0 aliphatic rings. The quantitative estimate of drug-likeness (QED) is 0.418. The minimum atomic E-state index is -0.382. The fourth-order valence-electron chi connectivity index (χ4n) is 2.67. The second-order valence-electron chi connectivity index (χ2n) is 6.53. The molecule has 6 nitrogen and oxygen atoms in total. The van der Waals surface area contributed by atoms with Crippen LogP contribution in [0.5, 0.6) is 5.75 Å². The molecule has 1 N–H and O–H groups in total. The molecule has 0 saturated carbocycles. The van der Waals surface area contributed by atoms with Crippen LogP contribution in [0, 0.1) is 6.92 Å². The lowest BCUT2D eigenvalue weighted by Gasteiger charge is -2.15. The number of carbonyl (C=O) groups excluding carboxylic acids is 1. The van der Waals surface area contributed by atoms with Gasteiger partial charge in [0, 0.05) is 7.05 Å². The van der Waals surface area contributed by atoms with Crippen molar-refractivity contribution in [3.63, 3.8) is 0 Å². The Bertz CT molecular complexity index is 1050. The molecule has 0 bridgehead atoms. The van der Waals surface area contributed by atoms with Crippen molar-refractivity contribution in [1.82, 2.24) is 14.8 Å². The van der Waals surface area contributed by atoms with Crippen LogP contribution in [0.15, 0.2) is 41.6 Å². The lowest BCUT2D eigenvalue weighted by molar-refractivity contribution is -0.113. The van der Waals surface area contributed by atoms with E-state index in [2.05, 4.69) is 15.5 Å². The molecule has 0 aliphatic heterocycles. The number of anilines is 1. The van der Waals surface area contributed by atoms with Crippen molar-refractivity contribution in [3.8, 4) is 5.75 Å². The standard InChI is InChI=1S/C20H19Cl3N4O2S/c1-11-7-8-13(21)16(9-11)29-12(2)19-25-26-20(27(19)3)30-10-17(28)24-18-14(22)5-4-6-15(18)23/h4-9,12H,10H2,1-3H3,(H,24,28). The summed E-state index contributed by atoms with van der Waals surface area (Å²) >= 11 is 19.6. The van der Waals surface area contributed by atoms with E-state index in [9.17, 15) is 4.79 Å². The highest BCUT2D eigenvalue weighted by Crippen LogP contribution is 2.31. The van der Waals surface area contributed by atoms with Gasteiger partial charge in [0.2, 0.25) is 5.91 Å². The van der Waals surface area contributed by atoms with Gasteiger partial charge in [0.15, 0.2) is 17.1 Å². The maximum atomic E-state index is 12.3. The molecular formula is C20H19Cl3N4O2S. The highest BCUT2D eigenvalue weighted by atomic mass is 35.5. The Hall–Kier alpha value is -1.93. The van der Waals surface area contributed by atoms with Crippen LogP contribution in [-0.2, 0) is 11.8 Å². The molecule has 1 atom stereocenters. The number of carbonyl (C=O) groups is 1. The minimum absolute atomic E-state index is 0.118. The normalized spacial score (nSPS) is 11.9. The number of para-hydroxylation sites is 1. The Balaban J connectivity index is 1.63. The van der Waals surface area contributed by atoms with E-state index in [1.807, 2.05) is 33.0 Å². The zero-order valence-electron chi connectivity index (χ0n) is 16.4. The number of rotatable bonds is 7. The number of thioether (sulfide) groups is 1.